The van der Waals surface area contributed by atoms with E-state index in [9.17, 15) is 0 Å². The van der Waals surface area contributed by atoms with Crippen LogP contribution in [0.25, 0.3) is 0 Å². The number of hydrogen-bond acceptors (Lipinski definition) is 2. The Morgan fingerprint density at radius 2 is 1.95 bits per heavy atom. The van der Waals surface area contributed by atoms with E-state index in [1.54, 1.807) is 0 Å². The van der Waals surface area contributed by atoms with Crippen molar-refractivity contribution in [1.29, 1.82) is 0 Å². The number of likely N-dealkylation sites (tertiary alicyclic amines) is 1. The van der Waals surface area contributed by atoms with Gasteiger partial charge in [-0.25, -0.2) is 0 Å². The van der Waals surface area contributed by atoms with Gasteiger partial charge in [0.2, 0.25) is 0 Å². The maximum absolute atomic E-state index is 3.62. The van der Waals surface area contributed by atoms with Crippen molar-refractivity contribution >= 4 is 0 Å². The molecule has 1 aromatic rings. The molecule has 1 N–H and O–H groups in total. The second-order valence-electron chi connectivity index (χ2n) is 6.37. The molecule has 0 amide bonds. The largest absolute Gasteiger partial charge is 0.315 e. The first-order valence-corrected chi connectivity index (χ1v) is 8.22. The number of rotatable bonds is 6. The van der Waals surface area contributed by atoms with Crippen molar-refractivity contribution in [1.82, 2.24) is 10.2 Å². The Balaban J connectivity index is 2.06. The molecule has 2 heteroatoms. The fraction of sp³-hybridized carbons (Fsp3) is 0.667. The van der Waals surface area contributed by atoms with Gasteiger partial charge >= 0.3 is 0 Å². The van der Waals surface area contributed by atoms with E-state index in [0.29, 0.717) is 6.04 Å². The van der Waals surface area contributed by atoms with Crippen LogP contribution in [0.4, 0.5) is 0 Å². The minimum Gasteiger partial charge on any atom is -0.315 e. The predicted octanol–water partition coefficient (Wildman–Crippen LogP) is 3.71. The summed E-state index contributed by atoms with van der Waals surface area (Å²) in [5, 5.41) is 3.62. The monoisotopic (exact) mass is 274 g/mol. The summed E-state index contributed by atoms with van der Waals surface area (Å²) in [7, 11) is 0. The van der Waals surface area contributed by atoms with Gasteiger partial charge in [0.05, 0.1) is 0 Å². The van der Waals surface area contributed by atoms with Gasteiger partial charge in [-0.2, -0.15) is 0 Å². The summed E-state index contributed by atoms with van der Waals surface area (Å²) in [6.07, 6.45) is 2.53. The van der Waals surface area contributed by atoms with Crippen LogP contribution < -0.4 is 5.32 Å². The van der Waals surface area contributed by atoms with Crippen LogP contribution in [0.3, 0.4) is 0 Å². The van der Waals surface area contributed by atoms with Gasteiger partial charge < -0.3 is 5.32 Å². The van der Waals surface area contributed by atoms with E-state index in [1.165, 1.54) is 31.5 Å². The zero-order valence-electron chi connectivity index (χ0n) is 13.3. The first kappa shape index (κ1) is 15.5. The van der Waals surface area contributed by atoms with Crippen LogP contribution in [-0.2, 0) is 0 Å². The molecule has 1 saturated heterocycles. The molecule has 1 aromatic carbocycles. The van der Waals surface area contributed by atoms with Gasteiger partial charge in [0.1, 0.15) is 0 Å². The standard InChI is InChI=1S/C18H30N2/c1-4-11-19-13-18(17-8-6-5-7-9-17)20-12-10-15(2)16(3)14-20/h5-9,15-16,18-19H,4,10-14H2,1-3H3. The molecule has 0 spiro atoms. The van der Waals surface area contributed by atoms with Crippen molar-refractivity contribution in [3.05, 3.63) is 35.9 Å². The molecule has 0 aromatic heterocycles. The van der Waals surface area contributed by atoms with Gasteiger partial charge in [-0.3, -0.25) is 4.90 Å². The van der Waals surface area contributed by atoms with Crippen molar-refractivity contribution in [3.8, 4) is 0 Å². The molecular formula is C18H30N2. The first-order valence-electron chi connectivity index (χ1n) is 8.22. The van der Waals surface area contributed by atoms with Crippen molar-refractivity contribution in [2.75, 3.05) is 26.2 Å². The van der Waals surface area contributed by atoms with E-state index in [0.717, 1.165) is 24.9 Å². The zero-order valence-corrected chi connectivity index (χ0v) is 13.3. The zero-order chi connectivity index (χ0) is 14.4. The summed E-state index contributed by atoms with van der Waals surface area (Å²) in [4.78, 5) is 2.68. The molecule has 2 nitrogen and oxygen atoms in total. The van der Waals surface area contributed by atoms with Crippen molar-refractivity contribution in [2.24, 2.45) is 11.8 Å². The molecule has 3 unspecified atom stereocenters. The maximum atomic E-state index is 3.62. The Kier molecular flexibility index (Phi) is 6.06. The highest BCUT2D eigenvalue weighted by molar-refractivity contribution is 5.19. The van der Waals surface area contributed by atoms with Crippen molar-refractivity contribution < 1.29 is 0 Å². The van der Waals surface area contributed by atoms with Crippen LogP contribution >= 0.6 is 0 Å². The Morgan fingerprint density at radius 3 is 2.60 bits per heavy atom. The van der Waals surface area contributed by atoms with Gasteiger partial charge in [-0.1, -0.05) is 51.1 Å². The molecule has 1 fully saturated rings. The molecule has 1 aliphatic heterocycles. The van der Waals surface area contributed by atoms with E-state index in [1.807, 2.05) is 0 Å². The first-order chi connectivity index (χ1) is 9.72. The maximum Gasteiger partial charge on any atom is 0.0472 e. The van der Waals surface area contributed by atoms with Gasteiger partial charge in [-0.15, -0.1) is 0 Å². The van der Waals surface area contributed by atoms with E-state index in [-0.39, 0.29) is 0 Å². The number of nitrogens with zero attached hydrogens (tertiary/aromatic N) is 1. The lowest BCUT2D eigenvalue weighted by Crippen LogP contribution is -2.44. The third-order valence-corrected chi connectivity index (χ3v) is 4.76. The summed E-state index contributed by atoms with van der Waals surface area (Å²) < 4.78 is 0. The fourth-order valence-corrected chi connectivity index (χ4v) is 3.13. The number of piperidine rings is 1. The van der Waals surface area contributed by atoms with Crippen LogP contribution in [0.2, 0.25) is 0 Å². The molecule has 1 aliphatic rings. The Labute approximate surface area is 124 Å². The van der Waals surface area contributed by atoms with Crippen molar-refractivity contribution in [2.45, 2.75) is 39.7 Å². The lowest BCUT2D eigenvalue weighted by molar-refractivity contribution is 0.0943. The molecule has 2 rings (SSSR count). The van der Waals surface area contributed by atoms with Gasteiger partial charge in [0, 0.05) is 19.1 Å². The minimum atomic E-state index is 0.526. The Morgan fingerprint density at radius 1 is 1.20 bits per heavy atom. The molecule has 20 heavy (non-hydrogen) atoms. The molecule has 112 valence electrons. The summed E-state index contributed by atoms with van der Waals surface area (Å²) in [5.41, 5.74) is 1.46. The van der Waals surface area contributed by atoms with E-state index >= 15 is 0 Å². The van der Waals surface area contributed by atoms with E-state index < -0.39 is 0 Å². The Bertz CT molecular complexity index is 376. The smallest absolute Gasteiger partial charge is 0.0472 e. The number of hydrogen-bond donors (Lipinski definition) is 1. The average molecular weight is 274 g/mol. The highest BCUT2D eigenvalue weighted by atomic mass is 15.2. The molecular weight excluding hydrogens is 244 g/mol. The van der Waals surface area contributed by atoms with E-state index in [4.69, 9.17) is 0 Å². The third-order valence-electron chi connectivity index (χ3n) is 4.76. The fourth-order valence-electron chi connectivity index (χ4n) is 3.13. The summed E-state index contributed by atoms with van der Waals surface area (Å²) >= 11 is 0. The summed E-state index contributed by atoms with van der Waals surface area (Å²) in [6, 6.07) is 11.5. The van der Waals surface area contributed by atoms with Crippen LogP contribution in [0.1, 0.15) is 45.2 Å². The summed E-state index contributed by atoms with van der Waals surface area (Å²) in [6.45, 7) is 11.7. The number of benzene rings is 1. The number of nitrogens with one attached hydrogen (secondary N) is 1. The average Bonchev–Trinajstić information content (AvgIpc) is 2.48. The SMILES string of the molecule is CCCNCC(c1ccccc1)N1CCC(C)C(C)C1. The molecule has 0 saturated carbocycles. The minimum absolute atomic E-state index is 0.526. The van der Waals surface area contributed by atoms with Crippen LogP contribution in [0, 0.1) is 11.8 Å². The second-order valence-corrected chi connectivity index (χ2v) is 6.37. The van der Waals surface area contributed by atoms with Crippen LogP contribution in [-0.4, -0.2) is 31.1 Å². The van der Waals surface area contributed by atoms with Crippen LogP contribution in [0.5, 0.6) is 0 Å². The molecule has 0 bridgehead atoms. The van der Waals surface area contributed by atoms with E-state index in [2.05, 4.69) is 61.3 Å². The van der Waals surface area contributed by atoms with Gasteiger partial charge in [0.25, 0.3) is 0 Å². The summed E-state index contributed by atoms with van der Waals surface area (Å²) in [5.74, 6) is 1.67. The molecule has 0 aliphatic carbocycles. The molecule has 1 heterocycles. The second kappa shape index (κ2) is 7.80. The molecule has 0 radical (unpaired) electrons. The van der Waals surface area contributed by atoms with Crippen LogP contribution in [0.15, 0.2) is 30.3 Å². The quantitative estimate of drug-likeness (QED) is 0.796. The highest BCUT2D eigenvalue weighted by Gasteiger charge is 2.28. The topological polar surface area (TPSA) is 15.3 Å². The molecule has 3 atom stereocenters. The third kappa shape index (κ3) is 4.07. The lowest BCUT2D eigenvalue weighted by Gasteiger charge is -2.40. The van der Waals surface area contributed by atoms with Gasteiger partial charge in [0.15, 0.2) is 0 Å². The Hall–Kier alpha value is -0.860. The highest BCUT2D eigenvalue weighted by Crippen LogP contribution is 2.29. The van der Waals surface area contributed by atoms with Crippen molar-refractivity contribution in [3.63, 3.8) is 0 Å². The normalized spacial score (nSPS) is 25.6. The van der Waals surface area contributed by atoms with Gasteiger partial charge in [-0.05, 0) is 43.3 Å². The predicted molar refractivity (Wildman–Crippen MR) is 86.9 cm³/mol. The lowest BCUT2D eigenvalue weighted by atomic mass is 9.87.